The van der Waals surface area contributed by atoms with Gasteiger partial charge in [-0.25, -0.2) is 13.1 Å². The molecule has 84 valence electrons. The van der Waals surface area contributed by atoms with Crippen LogP contribution in [0.5, 0.6) is 0 Å². The molecule has 0 aliphatic rings. The van der Waals surface area contributed by atoms with Gasteiger partial charge in [-0.15, -0.1) is 0 Å². The van der Waals surface area contributed by atoms with Crippen LogP contribution in [0.2, 0.25) is 0 Å². The van der Waals surface area contributed by atoms with Crippen molar-refractivity contribution in [2.45, 2.75) is 44.9 Å². The molecule has 0 aliphatic carbocycles. The van der Waals surface area contributed by atoms with E-state index in [-0.39, 0.29) is 11.0 Å². The topological polar surface area (TPSA) is 72.2 Å². The zero-order chi connectivity index (χ0) is 11.4. The van der Waals surface area contributed by atoms with Crippen molar-refractivity contribution in [2.24, 2.45) is 5.73 Å². The van der Waals surface area contributed by atoms with Crippen LogP contribution in [0.4, 0.5) is 0 Å². The fraction of sp³-hybridized carbons (Fsp3) is 0.875. The monoisotopic (exact) mass is 238 g/mol. The molecule has 2 unspecified atom stereocenters. The number of hydrogen-bond donors (Lipinski definition) is 2. The Bertz CT molecular complexity index is 288. The highest BCUT2D eigenvalue weighted by Gasteiger charge is 2.24. The van der Waals surface area contributed by atoms with Crippen LogP contribution in [0.25, 0.3) is 0 Å². The maximum atomic E-state index is 11.6. The van der Waals surface area contributed by atoms with E-state index < -0.39 is 15.3 Å². The molecule has 0 spiro atoms. The summed E-state index contributed by atoms with van der Waals surface area (Å²) >= 11 is 4.64. The van der Waals surface area contributed by atoms with Crippen LogP contribution in [0, 0.1) is 0 Å². The molecule has 0 saturated heterocycles. The first-order valence-corrected chi connectivity index (χ1v) is 6.57. The maximum absolute atomic E-state index is 11.6. The quantitative estimate of drug-likeness (QED) is 0.670. The van der Waals surface area contributed by atoms with E-state index in [9.17, 15) is 8.42 Å². The van der Waals surface area contributed by atoms with E-state index in [1.54, 1.807) is 0 Å². The molecule has 0 aromatic heterocycles. The van der Waals surface area contributed by atoms with Gasteiger partial charge in [0.15, 0.2) is 0 Å². The van der Waals surface area contributed by atoms with E-state index in [2.05, 4.69) is 16.9 Å². The highest BCUT2D eigenvalue weighted by molar-refractivity contribution is 7.93. The Hall–Kier alpha value is -0.200. The first kappa shape index (κ1) is 13.8. The summed E-state index contributed by atoms with van der Waals surface area (Å²) < 4.78 is 25.7. The summed E-state index contributed by atoms with van der Waals surface area (Å²) in [6.07, 6.45) is 1.74. The average molecular weight is 238 g/mol. The minimum absolute atomic E-state index is 0.00111. The van der Waals surface area contributed by atoms with Crippen LogP contribution >= 0.6 is 12.2 Å². The molecule has 0 heterocycles. The van der Waals surface area contributed by atoms with Crippen molar-refractivity contribution in [2.75, 3.05) is 0 Å². The summed E-state index contributed by atoms with van der Waals surface area (Å²) in [7, 11) is -3.40. The lowest BCUT2D eigenvalue weighted by Crippen LogP contribution is -2.43. The van der Waals surface area contributed by atoms with E-state index in [0.717, 1.165) is 12.8 Å². The molecule has 0 amide bonds. The molecule has 14 heavy (non-hydrogen) atoms. The molecular formula is C8H18N2O2S2. The minimum Gasteiger partial charge on any atom is -0.392 e. The molecule has 0 saturated carbocycles. The number of rotatable bonds is 6. The lowest BCUT2D eigenvalue weighted by atomic mass is 10.2. The molecule has 0 bridgehead atoms. The summed E-state index contributed by atoms with van der Waals surface area (Å²) in [4.78, 5) is 0.00111. The lowest BCUT2D eigenvalue weighted by molar-refractivity contribution is 0.541. The normalized spacial score (nSPS) is 16.2. The van der Waals surface area contributed by atoms with Crippen molar-refractivity contribution in [3.8, 4) is 0 Å². The molecule has 0 fully saturated rings. The van der Waals surface area contributed by atoms with Gasteiger partial charge < -0.3 is 5.73 Å². The lowest BCUT2D eigenvalue weighted by Gasteiger charge is -2.17. The van der Waals surface area contributed by atoms with Gasteiger partial charge in [-0.1, -0.05) is 25.6 Å². The Morgan fingerprint density at radius 2 is 2.00 bits per heavy atom. The number of nitrogens with two attached hydrogens (primary N) is 1. The van der Waals surface area contributed by atoms with Gasteiger partial charge in [-0.05, 0) is 20.3 Å². The Morgan fingerprint density at radius 3 is 2.36 bits per heavy atom. The summed E-state index contributed by atoms with van der Waals surface area (Å²) in [5.74, 6) is 0. The Balaban J connectivity index is 4.42. The van der Waals surface area contributed by atoms with Crippen molar-refractivity contribution >= 4 is 27.2 Å². The van der Waals surface area contributed by atoms with E-state index in [4.69, 9.17) is 5.73 Å². The van der Waals surface area contributed by atoms with Crippen LogP contribution < -0.4 is 10.5 Å². The molecular weight excluding hydrogens is 220 g/mol. The van der Waals surface area contributed by atoms with Gasteiger partial charge >= 0.3 is 0 Å². The predicted molar refractivity (Wildman–Crippen MR) is 62.7 cm³/mol. The van der Waals surface area contributed by atoms with Gasteiger partial charge in [0.25, 0.3) is 0 Å². The molecule has 4 nitrogen and oxygen atoms in total. The van der Waals surface area contributed by atoms with Crippen LogP contribution in [0.1, 0.15) is 33.6 Å². The Kier molecular flexibility index (Phi) is 5.54. The minimum atomic E-state index is -3.40. The van der Waals surface area contributed by atoms with Crippen molar-refractivity contribution in [1.82, 2.24) is 4.72 Å². The maximum Gasteiger partial charge on any atom is 0.220 e. The number of hydrogen-bond acceptors (Lipinski definition) is 3. The van der Waals surface area contributed by atoms with Gasteiger partial charge in [-0.2, -0.15) is 0 Å². The van der Waals surface area contributed by atoms with Crippen molar-refractivity contribution in [3.63, 3.8) is 0 Å². The zero-order valence-electron chi connectivity index (χ0n) is 8.78. The highest BCUT2D eigenvalue weighted by atomic mass is 32.2. The van der Waals surface area contributed by atoms with E-state index in [1.165, 1.54) is 6.92 Å². The van der Waals surface area contributed by atoms with Crippen LogP contribution in [-0.2, 0) is 10.0 Å². The first-order chi connectivity index (χ1) is 6.31. The fourth-order valence-electron chi connectivity index (χ4n) is 1.03. The van der Waals surface area contributed by atoms with Crippen molar-refractivity contribution in [1.29, 1.82) is 0 Å². The summed E-state index contributed by atoms with van der Waals surface area (Å²) in [5, 5.41) is -0.809. The van der Waals surface area contributed by atoms with Gasteiger partial charge in [0.05, 0.1) is 4.99 Å². The van der Waals surface area contributed by atoms with Gasteiger partial charge in [-0.3, -0.25) is 0 Å². The van der Waals surface area contributed by atoms with Crippen molar-refractivity contribution in [3.05, 3.63) is 0 Å². The molecule has 6 heteroatoms. The molecule has 0 aromatic rings. The van der Waals surface area contributed by atoms with Crippen LogP contribution in [0.3, 0.4) is 0 Å². The second kappa shape index (κ2) is 5.63. The van der Waals surface area contributed by atoms with Gasteiger partial charge in [0.1, 0.15) is 5.25 Å². The fourth-order valence-corrected chi connectivity index (χ4v) is 2.60. The average Bonchev–Trinajstić information content (AvgIpc) is 2.02. The van der Waals surface area contributed by atoms with E-state index >= 15 is 0 Å². The second-order valence-corrected chi connectivity index (χ2v) is 5.90. The molecule has 3 N–H and O–H groups in total. The van der Waals surface area contributed by atoms with Crippen LogP contribution in [0.15, 0.2) is 0 Å². The third-order valence-corrected chi connectivity index (χ3v) is 4.37. The standard InChI is InChI=1S/C8H18N2O2S2/c1-4-5-6(2)10-14(11,12)7(3)8(9)13/h6-7,10H,4-5H2,1-3H3,(H2,9,13). The van der Waals surface area contributed by atoms with Gasteiger partial charge in [0, 0.05) is 6.04 Å². The Morgan fingerprint density at radius 1 is 1.50 bits per heavy atom. The predicted octanol–water partition coefficient (Wildman–Crippen LogP) is 0.769. The van der Waals surface area contributed by atoms with E-state index in [0.29, 0.717) is 0 Å². The number of thiocarbonyl (C=S) groups is 1. The second-order valence-electron chi connectivity index (χ2n) is 3.40. The third-order valence-electron chi connectivity index (χ3n) is 1.95. The van der Waals surface area contributed by atoms with Gasteiger partial charge in [0.2, 0.25) is 10.0 Å². The third kappa shape index (κ3) is 4.34. The molecule has 0 aromatic carbocycles. The van der Waals surface area contributed by atoms with E-state index in [1.807, 2.05) is 13.8 Å². The molecule has 0 radical (unpaired) electrons. The molecule has 2 atom stereocenters. The SMILES string of the molecule is CCCC(C)NS(=O)(=O)C(C)C(N)=S. The molecule has 0 rings (SSSR count). The number of nitrogens with one attached hydrogen (secondary N) is 1. The zero-order valence-corrected chi connectivity index (χ0v) is 10.4. The molecule has 0 aliphatic heterocycles. The highest BCUT2D eigenvalue weighted by Crippen LogP contribution is 2.03. The van der Waals surface area contributed by atoms with Crippen LogP contribution in [-0.4, -0.2) is 24.7 Å². The first-order valence-electron chi connectivity index (χ1n) is 4.61. The smallest absolute Gasteiger partial charge is 0.220 e. The largest absolute Gasteiger partial charge is 0.392 e. The number of sulfonamides is 1. The van der Waals surface area contributed by atoms with Crippen molar-refractivity contribution < 1.29 is 8.42 Å². The summed E-state index contributed by atoms with van der Waals surface area (Å²) in [5.41, 5.74) is 5.28. The summed E-state index contributed by atoms with van der Waals surface area (Å²) in [6.45, 7) is 5.32. The Labute approximate surface area is 91.3 Å². The summed E-state index contributed by atoms with van der Waals surface area (Å²) in [6, 6.07) is -0.0678.